The largest absolute Gasteiger partial charge is 0.322 e. The van der Waals surface area contributed by atoms with Gasteiger partial charge < -0.3 is 5.32 Å². The summed E-state index contributed by atoms with van der Waals surface area (Å²) in [4.78, 5) is 15.2. The first kappa shape index (κ1) is 20.1. The minimum atomic E-state index is -3.43. The molecule has 6 nitrogen and oxygen atoms in total. The van der Waals surface area contributed by atoms with E-state index in [4.69, 9.17) is 0 Å². The van der Waals surface area contributed by atoms with Crippen LogP contribution in [0.2, 0.25) is 0 Å². The van der Waals surface area contributed by atoms with Gasteiger partial charge in [0, 0.05) is 30.9 Å². The van der Waals surface area contributed by atoms with Crippen LogP contribution in [0.4, 0.5) is 5.69 Å². The summed E-state index contributed by atoms with van der Waals surface area (Å²) in [5, 5.41) is 2.84. The van der Waals surface area contributed by atoms with Gasteiger partial charge in [0.2, 0.25) is 10.0 Å². The Morgan fingerprint density at radius 1 is 0.828 bits per heavy atom. The average Bonchev–Trinajstić information content (AvgIpc) is 3.43. The molecule has 7 heteroatoms. The Balaban J connectivity index is 1.38. The van der Waals surface area contributed by atoms with Gasteiger partial charge in [-0.15, -0.1) is 0 Å². The van der Waals surface area contributed by atoms with E-state index >= 15 is 0 Å². The van der Waals surface area contributed by atoms with Crippen LogP contribution in [0.3, 0.4) is 0 Å². The molecule has 0 radical (unpaired) electrons. The van der Waals surface area contributed by atoms with Crippen LogP contribution in [-0.2, 0) is 16.6 Å². The van der Waals surface area contributed by atoms with Crippen molar-refractivity contribution in [1.82, 2.24) is 9.21 Å². The highest BCUT2D eigenvalue weighted by atomic mass is 32.2. The standard InChI is InChI=1S/C22H27N3O3S/c26-22(19-7-5-18(6-8-19)17-24-13-1-2-14-24)23-20-9-11-21(12-10-20)29(27,28)25-15-3-4-16-25/h5-12H,1-4,13-17H2,(H,23,26). The van der Waals surface area contributed by atoms with Crippen molar-refractivity contribution < 1.29 is 13.2 Å². The van der Waals surface area contributed by atoms with Gasteiger partial charge in [0.05, 0.1) is 4.90 Å². The second-order valence-corrected chi connectivity index (χ2v) is 9.71. The number of anilines is 1. The molecular weight excluding hydrogens is 386 g/mol. The molecule has 0 atom stereocenters. The van der Waals surface area contributed by atoms with Crippen LogP contribution in [0.5, 0.6) is 0 Å². The van der Waals surface area contributed by atoms with E-state index in [1.807, 2.05) is 24.3 Å². The molecule has 0 bridgehead atoms. The maximum absolute atomic E-state index is 12.6. The van der Waals surface area contributed by atoms with Crippen molar-refractivity contribution >= 4 is 21.6 Å². The molecule has 2 heterocycles. The van der Waals surface area contributed by atoms with Gasteiger partial charge in [-0.1, -0.05) is 12.1 Å². The number of carbonyl (C=O) groups excluding carboxylic acids is 1. The zero-order valence-corrected chi connectivity index (χ0v) is 17.3. The zero-order chi connectivity index (χ0) is 20.3. The zero-order valence-electron chi connectivity index (χ0n) is 16.5. The molecule has 2 aromatic carbocycles. The second-order valence-electron chi connectivity index (χ2n) is 7.77. The number of hydrogen-bond donors (Lipinski definition) is 1. The topological polar surface area (TPSA) is 69.7 Å². The summed E-state index contributed by atoms with van der Waals surface area (Å²) >= 11 is 0. The van der Waals surface area contributed by atoms with Gasteiger partial charge in [0.15, 0.2) is 0 Å². The minimum Gasteiger partial charge on any atom is -0.322 e. The molecular formula is C22H27N3O3S. The molecule has 2 fully saturated rings. The van der Waals surface area contributed by atoms with Crippen molar-refractivity contribution in [3.05, 3.63) is 59.7 Å². The normalized spacial score (nSPS) is 18.2. The fraction of sp³-hybridized carbons (Fsp3) is 0.409. The first-order valence-electron chi connectivity index (χ1n) is 10.3. The molecule has 2 aliphatic heterocycles. The van der Waals surface area contributed by atoms with Crippen LogP contribution in [-0.4, -0.2) is 49.7 Å². The molecule has 4 rings (SSSR count). The second kappa shape index (κ2) is 8.65. The van der Waals surface area contributed by atoms with Crippen LogP contribution < -0.4 is 5.32 Å². The van der Waals surface area contributed by atoms with Gasteiger partial charge in [0.1, 0.15) is 0 Å². The molecule has 1 N–H and O–H groups in total. The molecule has 1 amide bonds. The number of likely N-dealkylation sites (tertiary alicyclic amines) is 1. The van der Waals surface area contributed by atoms with E-state index in [0.29, 0.717) is 24.3 Å². The molecule has 2 aromatic rings. The number of rotatable bonds is 6. The van der Waals surface area contributed by atoms with Gasteiger partial charge in [-0.25, -0.2) is 8.42 Å². The summed E-state index contributed by atoms with van der Waals surface area (Å²) in [5.74, 6) is -0.201. The van der Waals surface area contributed by atoms with Gasteiger partial charge in [-0.2, -0.15) is 4.31 Å². The number of nitrogens with zero attached hydrogens (tertiary/aromatic N) is 2. The number of benzene rings is 2. The third-order valence-electron chi connectivity index (χ3n) is 5.64. The Labute approximate surface area is 172 Å². The van der Waals surface area contributed by atoms with Crippen molar-refractivity contribution in [3.63, 3.8) is 0 Å². The monoisotopic (exact) mass is 413 g/mol. The third kappa shape index (κ3) is 4.69. The number of sulfonamides is 1. The Hall–Kier alpha value is -2.22. The maximum atomic E-state index is 12.6. The summed E-state index contributed by atoms with van der Waals surface area (Å²) in [5.41, 5.74) is 2.38. The van der Waals surface area contributed by atoms with Crippen molar-refractivity contribution in [2.75, 3.05) is 31.5 Å². The molecule has 29 heavy (non-hydrogen) atoms. The highest BCUT2D eigenvalue weighted by Crippen LogP contribution is 2.22. The lowest BCUT2D eigenvalue weighted by atomic mass is 10.1. The lowest BCUT2D eigenvalue weighted by Gasteiger charge is -2.16. The SMILES string of the molecule is O=C(Nc1ccc(S(=O)(=O)N2CCCC2)cc1)c1ccc(CN2CCCC2)cc1. The quantitative estimate of drug-likeness (QED) is 0.789. The highest BCUT2D eigenvalue weighted by molar-refractivity contribution is 7.89. The number of hydrogen-bond acceptors (Lipinski definition) is 4. The number of carbonyl (C=O) groups is 1. The van der Waals surface area contributed by atoms with E-state index in [1.54, 1.807) is 24.3 Å². The van der Waals surface area contributed by atoms with Gasteiger partial charge in [-0.05, 0) is 80.7 Å². The van der Waals surface area contributed by atoms with E-state index in [0.717, 1.165) is 32.5 Å². The van der Waals surface area contributed by atoms with E-state index in [9.17, 15) is 13.2 Å². The van der Waals surface area contributed by atoms with Crippen LogP contribution in [0.15, 0.2) is 53.4 Å². The Kier molecular flexibility index (Phi) is 5.99. The summed E-state index contributed by atoms with van der Waals surface area (Å²) in [6, 6.07) is 14.1. The molecule has 0 saturated carbocycles. The van der Waals surface area contributed by atoms with E-state index in [1.165, 1.54) is 22.7 Å². The summed E-state index contributed by atoms with van der Waals surface area (Å²) < 4.78 is 26.7. The Morgan fingerprint density at radius 2 is 1.41 bits per heavy atom. The predicted molar refractivity (Wildman–Crippen MR) is 113 cm³/mol. The summed E-state index contributed by atoms with van der Waals surface area (Å²) in [7, 11) is -3.43. The third-order valence-corrected chi connectivity index (χ3v) is 7.55. The van der Waals surface area contributed by atoms with Crippen LogP contribution in [0.1, 0.15) is 41.6 Å². The molecule has 0 unspecified atom stereocenters. The molecule has 2 saturated heterocycles. The lowest BCUT2D eigenvalue weighted by Crippen LogP contribution is -2.27. The Morgan fingerprint density at radius 3 is 2.03 bits per heavy atom. The molecule has 0 aromatic heterocycles. The minimum absolute atomic E-state index is 0.201. The van der Waals surface area contributed by atoms with Crippen molar-refractivity contribution in [1.29, 1.82) is 0 Å². The molecule has 2 aliphatic rings. The van der Waals surface area contributed by atoms with E-state index in [-0.39, 0.29) is 10.8 Å². The van der Waals surface area contributed by atoms with Crippen LogP contribution >= 0.6 is 0 Å². The van der Waals surface area contributed by atoms with E-state index in [2.05, 4.69) is 10.2 Å². The average molecular weight is 414 g/mol. The van der Waals surface area contributed by atoms with Crippen molar-refractivity contribution in [2.24, 2.45) is 0 Å². The summed E-state index contributed by atoms with van der Waals surface area (Å²) in [6.07, 6.45) is 4.34. The van der Waals surface area contributed by atoms with Gasteiger partial charge in [-0.3, -0.25) is 9.69 Å². The van der Waals surface area contributed by atoms with Crippen molar-refractivity contribution in [2.45, 2.75) is 37.1 Å². The Bertz CT molecular complexity index is 944. The van der Waals surface area contributed by atoms with Crippen LogP contribution in [0, 0.1) is 0 Å². The first-order valence-corrected chi connectivity index (χ1v) is 11.7. The fourth-order valence-electron chi connectivity index (χ4n) is 3.95. The summed E-state index contributed by atoms with van der Waals surface area (Å²) in [6.45, 7) is 4.37. The number of amides is 1. The first-order chi connectivity index (χ1) is 14.0. The molecule has 0 aliphatic carbocycles. The maximum Gasteiger partial charge on any atom is 0.255 e. The number of nitrogens with one attached hydrogen (secondary N) is 1. The van der Waals surface area contributed by atoms with Gasteiger partial charge in [0.25, 0.3) is 5.91 Å². The van der Waals surface area contributed by atoms with Gasteiger partial charge >= 0.3 is 0 Å². The highest BCUT2D eigenvalue weighted by Gasteiger charge is 2.26. The predicted octanol–water partition coefficient (Wildman–Crippen LogP) is 3.32. The van der Waals surface area contributed by atoms with Crippen molar-refractivity contribution in [3.8, 4) is 0 Å². The lowest BCUT2D eigenvalue weighted by molar-refractivity contribution is 0.102. The fourth-order valence-corrected chi connectivity index (χ4v) is 5.47. The molecule has 0 spiro atoms. The van der Waals surface area contributed by atoms with Crippen LogP contribution in [0.25, 0.3) is 0 Å². The smallest absolute Gasteiger partial charge is 0.255 e. The van der Waals surface area contributed by atoms with E-state index < -0.39 is 10.0 Å². The molecule has 154 valence electrons.